The largest absolute Gasteiger partial charge is 0.508 e. The molecule has 1 aliphatic rings. The molecule has 0 aromatic heterocycles. The van der Waals surface area contributed by atoms with E-state index in [9.17, 15) is 13.9 Å². The van der Waals surface area contributed by atoms with Crippen LogP contribution in [0.15, 0.2) is 24.3 Å². The third-order valence-corrected chi connectivity index (χ3v) is 2.48. The van der Waals surface area contributed by atoms with Crippen LogP contribution in [0.4, 0.5) is 8.78 Å². The minimum atomic E-state index is -2.77. The molecule has 0 radical (unpaired) electrons. The smallest absolute Gasteiger partial charge is 0.268 e. The van der Waals surface area contributed by atoms with Crippen molar-refractivity contribution in [1.29, 1.82) is 0 Å². The predicted octanol–water partition coefficient (Wildman–Crippen LogP) is 2.48. The maximum atomic E-state index is 13.3. The SMILES string of the molecule is Cl.Oc1ccccc1C1NCCC1(F)F. The summed E-state index contributed by atoms with van der Waals surface area (Å²) >= 11 is 0. The van der Waals surface area contributed by atoms with Crippen molar-refractivity contribution in [3.05, 3.63) is 29.8 Å². The predicted molar refractivity (Wildman–Crippen MR) is 55.7 cm³/mol. The van der Waals surface area contributed by atoms with Gasteiger partial charge in [-0.1, -0.05) is 18.2 Å². The molecule has 0 amide bonds. The van der Waals surface area contributed by atoms with Crippen molar-refractivity contribution >= 4 is 12.4 Å². The highest BCUT2D eigenvalue weighted by Crippen LogP contribution is 2.40. The lowest BCUT2D eigenvalue weighted by atomic mass is 10.0. The maximum Gasteiger partial charge on any atom is 0.268 e. The molecular weight excluding hydrogens is 224 g/mol. The first-order valence-corrected chi connectivity index (χ1v) is 4.50. The Balaban J connectivity index is 0.00000112. The fourth-order valence-corrected chi connectivity index (χ4v) is 1.75. The molecule has 1 aromatic carbocycles. The van der Waals surface area contributed by atoms with E-state index in [4.69, 9.17) is 0 Å². The van der Waals surface area contributed by atoms with Crippen molar-refractivity contribution < 1.29 is 13.9 Å². The summed E-state index contributed by atoms with van der Waals surface area (Å²) in [4.78, 5) is 0. The molecule has 2 rings (SSSR count). The van der Waals surface area contributed by atoms with Gasteiger partial charge >= 0.3 is 0 Å². The van der Waals surface area contributed by atoms with Gasteiger partial charge < -0.3 is 10.4 Å². The molecule has 0 bridgehead atoms. The highest BCUT2D eigenvalue weighted by atomic mass is 35.5. The molecule has 1 saturated heterocycles. The van der Waals surface area contributed by atoms with Crippen LogP contribution in [0.5, 0.6) is 5.75 Å². The second kappa shape index (κ2) is 4.33. The van der Waals surface area contributed by atoms with Gasteiger partial charge in [0.2, 0.25) is 0 Å². The Bertz CT molecular complexity index is 346. The molecule has 84 valence electrons. The van der Waals surface area contributed by atoms with Crippen LogP contribution in [0.3, 0.4) is 0 Å². The van der Waals surface area contributed by atoms with Crippen LogP contribution >= 0.6 is 12.4 Å². The fraction of sp³-hybridized carbons (Fsp3) is 0.400. The number of phenols is 1. The summed E-state index contributed by atoms with van der Waals surface area (Å²) in [6.07, 6.45) is -0.175. The van der Waals surface area contributed by atoms with Crippen molar-refractivity contribution in [2.45, 2.75) is 18.4 Å². The number of aromatic hydroxyl groups is 1. The third-order valence-electron chi connectivity index (χ3n) is 2.48. The Hall–Kier alpha value is -0.870. The van der Waals surface area contributed by atoms with Crippen molar-refractivity contribution in [3.8, 4) is 5.75 Å². The molecule has 0 saturated carbocycles. The van der Waals surface area contributed by atoms with E-state index in [0.29, 0.717) is 0 Å². The molecule has 0 spiro atoms. The van der Waals surface area contributed by atoms with Gasteiger partial charge in [-0.25, -0.2) is 8.78 Å². The molecule has 1 atom stereocenters. The minimum Gasteiger partial charge on any atom is -0.508 e. The van der Waals surface area contributed by atoms with Gasteiger partial charge in [0.15, 0.2) is 0 Å². The number of hydrogen-bond donors (Lipinski definition) is 2. The second-order valence-corrected chi connectivity index (χ2v) is 3.46. The summed E-state index contributed by atoms with van der Waals surface area (Å²) < 4.78 is 26.6. The van der Waals surface area contributed by atoms with E-state index < -0.39 is 12.0 Å². The minimum absolute atomic E-state index is 0. The quantitative estimate of drug-likeness (QED) is 0.784. The molecular formula is C10H12ClF2NO. The van der Waals surface area contributed by atoms with Crippen molar-refractivity contribution in [2.24, 2.45) is 0 Å². The molecule has 5 heteroatoms. The average Bonchev–Trinajstić information content (AvgIpc) is 2.46. The summed E-state index contributed by atoms with van der Waals surface area (Å²) in [6.45, 7) is 0.284. The normalized spacial score (nSPS) is 23.5. The van der Waals surface area contributed by atoms with Crippen LogP contribution in [-0.4, -0.2) is 17.6 Å². The molecule has 2 nitrogen and oxygen atoms in total. The number of nitrogens with one attached hydrogen (secondary N) is 1. The summed E-state index contributed by atoms with van der Waals surface area (Å²) in [6, 6.07) is 5.15. The number of phenolic OH excluding ortho intramolecular Hbond substituents is 1. The monoisotopic (exact) mass is 235 g/mol. The van der Waals surface area contributed by atoms with Crippen LogP contribution < -0.4 is 5.32 Å². The van der Waals surface area contributed by atoms with Crippen molar-refractivity contribution in [1.82, 2.24) is 5.32 Å². The standard InChI is InChI=1S/C10H11F2NO.ClH/c11-10(12)5-6-13-9(10)7-3-1-2-4-8(7)14;/h1-4,9,13-14H,5-6H2;1H. The van der Waals surface area contributed by atoms with E-state index in [1.165, 1.54) is 12.1 Å². The zero-order valence-corrected chi connectivity index (χ0v) is 8.73. The number of alkyl halides is 2. The Morgan fingerprint density at radius 3 is 2.53 bits per heavy atom. The summed E-state index contributed by atoms with van der Waals surface area (Å²) in [7, 11) is 0. The van der Waals surface area contributed by atoms with Crippen LogP contribution in [-0.2, 0) is 0 Å². The van der Waals surface area contributed by atoms with Crippen LogP contribution in [0.25, 0.3) is 0 Å². The second-order valence-electron chi connectivity index (χ2n) is 3.46. The fourth-order valence-electron chi connectivity index (χ4n) is 1.75. The van der Waals surface area contributed by atoms with Crippen molar-refractivity contribution in [2.75, 3.05) is 6.54 Å². The molecule has 15 heavy (non-hydrogen) atoms. The number of halogens is 3. The lowest BCUT2D eigenvalue weighted by Crippen LogP contribution is -2.26. The summed E-state index contributed by atoms with van der Waals surface area (Å²) in [5.74, 6) is -2.84. The van der Waals surface area contributed by atoms with Crippen LogP contribution in [0.2, 0.25) is 0 Å². The lowest BCUT2D eigenvalue weighted by molar-refractivity contribution is -0.0123. The molecule has 1 fully saturated rings. The number of hydrogen-bond acceptors (Lipinski definition) is 2. The first kappa shape index (κ1) is 12.2. The molecule has 1 unspecified atom stereocenters. The van der Waals surface area contributed by atoms with Gasteiger partial charge in [0.25, 0.3) is 5.92 Å². The molecule has 0 aliphatic carbocycles. The Morgan fingerprint density at radius 2 is 2.00 bits per heavy atom. The van der Waals surface area contributed by atoms with Crippen LogP contribution in [0.1, 0.15) is 18.0 Å². The molecule has 1 aromatic rings. The highest BCUT2D eigenvalue weighted by Gasteiger charge is 2.45. The van der Waals surface area contributed by atoms with Gasteiger partial charge in [0.05, 0.1) is 0 Å². The first-order chi connectivity index (χ1) is 6.61. The van der Waals surface area contributed by atoms with E-state index in [-0.39, 0.29) is 36.7 Å². The zero-order valence-electron chi connectivity index (χ0n) is 7.91. The number of para-hydroxylation sites is 1. The van der Waals surface area contributed by atoms with E-state index >= 15 is 0 Å². The zero-order chi connectivity index (χ0) is 10.2. The van der Waals surface area contributed by atoms with Gasteiger partial charge in [0.1, 0.15) is 11.8 Å². The first-order valence-electron chi connectivity index (χ1n) is 4.50. The van der Waals surface area contributed by atoms with E-state index in [0.717, 1.165) is 0 Å². The summed E-state index contributed by atoms with van der Waals surface area (Å²) in [5, 5.41) is 12.1. The van der Waals surface area contributed by atoms with Gasteiger partial charge in [-0.05, 0) is 6.07 Å². The van der Waals surface area contributed by atoms with Crippen LogP contribution in [0, 0.1) is 0 Å². The Labute approximate surface area is 92.7 Å². The molecule has 2 N–H and O–H groups in total. The topological polar surface area (TPSA) is 32.3 Å². The summed E-state index contributed by atoms with van der Waals surface area (Å²) in [5.41, 5.74) is 0.273. The Kier molecular flexibility index (Phi) is 3.52. The number of rotatable bonds is 1. The van der Waals surface area contributed by atoms with E-state index in [1.807, 2.05) is 0 Å². The van der Waals surface area contributed by atoms with E-state index in [2.05, 4.69) is 5.32 Å². The highest BCUT2D eigenvalue weighted by molar-refractivity contribution is 5.85. The van der Waals surface area contributed by atoms with Crippen molar-refractivity contribution in [3.63, 3.8) is 0 Å². The average molecular weight is 236 g/mol. The van der Waals surface area contributed by atoms with Gasteiger partial charge in [0, 0.05) is 18.5 Å². The van der Waals surface area contributed by atoms with Gasteiger partial charge in [-0.2, -0.15) is 0 Å². The lowest BCUT2D eigenvalue weighted by Gasteiger charge is -2.19. The number of benzene rings is 1. The third kappa shape index (κ3) is 2.21. The van der Waals surface area contributed by atoms with Gasteiger partial charge in [-0.15, -0.1) is 12.4 Å². The maximum absolute atomic E-state index is 13.3. The molecule has 1 aliphatic heterocycles. The Morgan fingerprint density at radius 1 is 1.33 bits per heavy atom. The van der Waals surface area contributed by atoms with E-state index in [1.54, 1.807) is 12.1 Å². The molecule has 1 heterocycles. The van der Waals surface area contributed by atoms with Gasteiger partial charge in [-0.3, -0.25) is 0 Å².